The van der Waals surface area contributed by atoms with Gasteiger partial charge in [-0.3, -0.25) is 5.10 Å². The van der Waals surface area contributed by atoms with E-state index in [4.69, 9.17) is 26.5 Å². The molecule has 5 nitrogen and oxygen atoms in total. The Kier molecular flexibility index (Phi) is 3.35. The van der Waals surface area contributed by atoms with Gasteiger partial charge in [-0.1, -0.05) is 12.1 Å². The highest BCUT2D eigenvalue weighted by molar-refractivity contribution is 6.31. The number of nitrogens with one attached hydrogen (secondary N) is 1. The molecule has 3 N–H and O–H groups in total. The molecule has 0 bridgehead atoms. The molecule has 0 aliphatic heterocycles. The second-order valence-corrected chi connectivity index (χ2v) is 4.99. The van der Waals surface area contributed by atoms with Crippen LogP contribution < -0.4 is 10.5 Å². The van der Waals surface area contributed by atoms with Crippen molar-refractivity contribution in [1.82, 2.24) is 10.2 Å². The first-order valence-electron chi connectivity index (χ1n) is 6.34. The Morgan fingerprint density at radius 2 is 2.14 bits per heavy atom. The van der Waals surface area contributed by atoms with E-state index >= 15 is 0 Å². The number of hydrogen-bond acceptors (Lipinski definition) is 4. The first-order valence-corrected chi connectivity index (χ1v) is 6.72. The monoisotopic (exact) mass is 303 g/mol. The molecule has 0 unspecified atom stereocenters. The number of ether oxygens (including phenoxy) is 1. The smallest absolute Gasteiger partial charge is 0.202 e. The Morgan fingerprint density at radius 1 is 1.33 bits per heavy atom. The van der Waals surface area contributed by atoms with E-state index in [0.29, 0.717) is 11.0 Å². The number of aromatic amines is 1. The fourth-order valence-corrected chi connectivity index (χ4v) is 2.50. The summed E-state index contributed by atoms with van der Waals surface area (Å²) in [5.41, 5.74) is 10.2. The average molecular weight is 304 g/mol. The maximum absolute atomic E-state index is 6.05. The van der Waals surface area contributed by atoms with E-state index in [9.17, 15) is 0 Å². The number of methoxy groups -OCH3 is 1. The van der Waals surface area contributed by atoms with Crippen molar-refractivity contribution < 1.29 is 9.15 Å². The van der Waals surface area contributed by atoms with E-state index in [0.717, 1.165) is 33.7 Å². The van der Waals surface area contributed by atoms with Crippen LogP contribution >= 0.6 is 11.6 Å². The summed E-state index contributed by atoms with van der Waals surface area (Å²) in [6, 6.07) is 7.64. The van der Waals surface area contributed by atoms with Crippen LogP contribution in [-0.2, 0) is 0 Å². The summed E-state index contributed by atoms with van der Waals surface area (Å²) in [4.78, 5) is 0. The second kappa shape index (κ2) is 5.18. The van der Waals surface area contributed by atoms with Gasteiger partial charge >= 0.3 is 0 Å². The number of furan rings is 1. The predicted octanol–water partition coefficient (Wildman–Crippen LogP) is 3.89. The molecule has 1 aromatic carbocycles. The molecule has 2 heterocycles. The predicted molar refractivity (Wildman–Crippen MR) is 82.4 cm³/mol. The SMILES string of the molecule is COc1cc(-c2c(N)n[nH]c2-c2ccoc2Cl)ccc1C. The van der Waals surface area contributed by atoms with Crippen LogP contribution in [0.5, 0.6) is 5.75 Å². The molecular formula is C15H14ClN3O2. The lowest BCUT2D eigenvalue weighted by Crippen LogP contribution is -1.91. The summed E-state index contributed by atoms with van der Waals surface area (Å²) in [6.45, 7) is 1.98. The van der Waals surface area contributed by atoms with Crippen LogP contribution in [0.4, 0.5) is 5.82 Å². The largest absolute Gasteiger partial charge is 0.496 e. The summed E-state index contributed by atoms with van der Waals surface area (Å²) in [5, 5.41) is 7.28. The van der Waals surface area contributed by atoms with Gasteiger partial charge in [0.1, 0.15) is 5.75 Å². The second-order valence-electron chi connectivity index (χ2n) is 4.65. The molecule has 0 atom stereocenters. The van der Waals surface area contributed by atoms with Crippen molar-refractivity contribution in [1.29, 1.82) is 0 Å². The summed E-state index contributed by atoms with van der Waals surface area (Å²) in [5.74, 6) is 1.19. The topological polar surface area (TPSA) is 77.1 Å². The van der Waals surface area contributed by atoms with E-state index in [-0.39, 0.29) is 0 Å². The molecule has 21 heavy (non-hydrogen) atoms. The molecule has 6 heteroatoms. The fourth-order valence-electron chi connectivity index (χ4n) is 2.29. The van der Waals surface area contributed by atoms with Gasteiger partial charge in [0.2, 0.25) is 5.22 Å². The first-order chi connectivity index (χ1) is 10.1. The Balaban J connectivity index is 2.19. The van der Waals surface area contributed by atoms with E-state index in [1.807, 2.05) is 25.1 Å². The number of H-pyrrole nitrogens is 1. The maximum atomic E-state index is 6.05. The zero-order valence-corrected chi connectivity index (χ0v) is 12.4. The Morgan fingerprint density at radius 3 is 2.81 bits per heavy atom. The van der Waals surface area contributed by atoms with E-state index in [1.54, 1.807) is 13.2 Å². The summed E-state index contributed by atoms with van der Waals surface area (Å²) < 4.78 is 10.5. The van der Waals surface area contributed by atoms with Gasteiger partial charge in [-0.05, 0) is 41.8 Å². The summed E-state index contributed by atoms with van der Waals surface area (Å²) in [7, 11) is 1.64. The van der Waals surface area contributed by atoms with Crippen LogP contribution in [0.1, 0.15) is 5.56 Å². The Hall–Kier alpha value is -2.40. The maximum Gasteiger partial charge on any atom is 0.202 e. The number of halogens is 1. The lowest BCUT2D eigenvalue weighted by molar-refractivity contribution is 0.412. The number of aromatic nitrogens is 2. The normalized spacial score (nSPS) is 10.8. The quantitative estimate of drug-likeness (QED) is 0.769. The van der Waals surface area contributed by atoms with Crippen molar-refractivity contribution in [2.75, 3.05) is 12.8 Å². The molecule has 0 amide bonds. The molecule has 0 aliphatic rings. The van der Waals surface area contributed by atoms with Crippen molar-refractivity contribution in [3.05, 3.63) is 41.3 Å². The lowest BCUT2D eigenvalue weighted by Gasteiger charge is -2.08. The molecule has 0 spiro atoms. The molecule has 3 aromatic rings. The van der Waals surface area contributed by atoms with Crippen LogP contribution in [0, 0.1) is 6.92 Å². The third kappa shape index (κ3) is 2.25. The number of hydrogen-bond donors (Lipinski definition) is 2. The molecule has 0 saturated carbocycles. The third-order valence-electron chi connectivity index (χ3n) is 3.38. The highest BCUT2D eigenvalue weighted by Gasteiger charge is 2.19. The highest BCUT2D eigenvalue weighted by atomic mass is 35.5. The number of rotatable bonds is 3. The third-order valence-corrected chi connectivity index (χ3v) is 3.67. The molecular weight excluding hydrogens is 290 g/mol. The van der Waals surface area contributed by atoms with Crippen LogP contribution in [0.2, 0.25) is 5.22 Å². The number of nitrogens with zero attached hydrogens (tertiary/aromatic N) is 1. The van der Waals surface area contributed by atoms with Crippen LogP contribution in [0.25, 0.3) is 22.4 Å². The minimum Gasteiger partial charge on any atom is -0.496 e. The van der Waals surface area contributed by atoms with Gasteiger partial charge in [0.05, 0.1) is 30.2 Å². The van der Waals surface area contributed by atoms with Gasteiger partial charge in [0.25, 0.3) is 0 Å². The molecule has 0 aliphatic carbocycles. The minimum absolute atomic E-state index is 0.291. The van der Waals surface area contributed by atoms with Gasteiger partial charge in [-0.2, -0.15) is 5.10 Å². The van der Waals surface area contributed by atoms with Crippen LogP contribution in [0.15, 0.2) is 34.9 Å². The van der Waals surface area contributed by atoms with Crippen molar-refractivity contribution in [2.24, 2.45) is 0 Å². The summed E-state index contributed by atoms with van der Waals surface area (Å²) >= 11 is 6.05. The zero-order valence-electron chi connectivity index (χ0n) is 11.6. The van der Waals surface area contributed by atoms with Gasteiger partial charge in [0, 0.05) is 0 Å². The van der Waals surface area contributed by atoms with Crippen molar-refractivity contribution in [2.45, 2.75) is 6.92 Å². The lowest BCUT2D eigenvalue weighted by atomic mass is 10.0. The fraction of sp³-hybridized carbons (Fsp3) is 0.133. The molecule has 2 aromatic heterocycles. The number of nitrogen functional groups attached to an aromatic ring is 1. The molecule has 0 radical (unpaired) electrons. The van der Waals surface area contributed by atoms with Gasteiger partial charge in [-0.15, -0.1) is 0 Å². The van der Waals surface area contributed by atoms with Crippen LogP contribution in [-0.4, -0.2) is 17.3 Å². The van der Waals surface area contributed by atoms with Crippen molar-refractivity contribution >= 4 is 17.4 Å². The average Bonchev–Trinajstić information content (AvgIpc) is 3.05. The van der Waals surface area contributed by atoms with Gasteiger partial charge in [-0.25, -0.2) is 0 Å². The minimum atomic E-state index is 0.291. The van der Waals surface area contributed by atoms with Crippen LogP contribution in [0.3, 0.4) is 0 Å². The number of nitrogens with two attached hydrogens (primary N) is 1. The van der Waals surface area contributed by atoms with E-state index in [1.165, 1.54) is 6.26 Å². The highest BCUT2D eigenvalue weighted by Crippen LogP contribution is 2.39. The molecule has 0 fully saturated rings. The molecule has 0 saturated heterocycles. The molecule has 108 valence electrons. The zero-order chi connectivity index (χ0) is 15.0. The standard InChI is InChI=1S/C15H14ClN3O2/c1-8-3-4-9(7-11(8)20-2)12-13(18-19-15(12)17)10-5-6-21-14(10)16/h3-7H,1-2H3,(H3,17,18,19). The van der Waals surface area contributed by atoms with Gasteiger partial charge in [0.15, 0.2) is 5.82 Å². The Labute approximate surface area is 126 Å². The Bertz CT molecular complexity index is 792. The van der Waals surface area contributed by atoms with E-state index < -0.39 is 0 Å². The van der Waals surface area contributed by atoms with E-state index in [2.05, 4.69) is 10.2 Å². The van der Waals surface area contributed by atoms with Crippen molar-refractivity contribution in [3.63, 3.8) is 0 Å². The van der Waals surface area contributed by atoms with Gasteiger partial charge < -0.3 is 14.9 Å². The van der Waals surface area contributed by atoms with Crippen molar-refractivity contribution in [3.8, 4) is 28.1 Å². The number of benzene rings is 1. The first kappa shape index (κ1) is 13.6. The summed E-state index contributed by atoms with van der Waals surface area (Å²) in [6.07, 6.45) is 1.52. The number of anilines is 1. The molecule has 3 rings (SSSR count). The number of aryl methyl sites for hydroxylation is 1.